The molecule has 21 heavy (non-hydrogen) atoms. The molecule has 1 aliphatic heterocycles. The van der Waals surface area contributed by atoms with Crippen LogP contribution in [0.1, 0.15) is 19.3 Å². The Kier molecular flexibility index (Phi) is 5.37. The summed E-state index contributed by atoms with van der Waals surface area (Å²) in [6.45, 7) is 1.99. The highest BCUT2D eigenvalue weighted by atomic mass is 79.9. The summed E-state index contributed by atoms with van der Waals surface area (Å²) in [5, 5.41) is 11.1. The van der Waals surface area contributed by atoms with Crippen LogP contribution in [-0.4, -0.2) is 27.4 Å². The van der Waals surface area contributed by atoms with Gasteiger partial charge in [-0.05, 0) is 66.0 Å². The van der Waals surface area contributed by atoms with E-state index in [4.69, 9.17) is 5.14 Å². The first-order chi connectivity index (χ1) is 9.86. The van der Waals surface area contributed by atoms with Crippen LogP contribution in [0.4, 0.5) is 5.69 Å². The summed E-state index contributed by atoms with van der Waals surface area (Å²) < 4.78 is 23.0. The van der Waals surface area contributed by atoms with Gasteiger partial charge in [-0.15, -0.1) is 0 Å². The number of carbonyl (C=O) groups excluding carboxylic acids is 1. The average molecular weight is 376 g/mol. The van der Waals surface area contributed by atoms with Crippen molar-refractivity contribution in [1.82, 2.24) is 5.32 Å². The Morgan fingerprint density at radius 3 is 2.81 bits per heavy atom. The van der Waals surface area contributed by atoms with E-state index >= 15 is 0 Å². The first-order valence-electron chi connectivity index (χ1n) is 6.69. The Hall–Kier alpha value is -0.960. The van der Waals surface area contributed by atoms with E-state index in [0.29, 0.717) is 22.5 Å². The maximum atomic E-state index is 11.9. The van der Waals surface area contributed by atoms with Crippen LogP contribution < -0.4 is 15.8 Å². The van der Waals surface area contributed by atoms with Gasteiger partial charge in [0.1, 0.15) is 0 Å². The molecule has 1 aromatic carbocycles. The van der Waals surface area contributed by atoms with Crippen molar-refractivity contribution < 1.29 is 13.2 Å². The first-order valence-corrected chi connectivity index (χ1v) is 9.03. The number of primary sulfonamides is 1. The number of rotatable bonds is 5. The molecule has 1 fully saturated rings. The zero-order chi connectivity index (χ0) is 15.5. The zero-order valence-electron chi connectivity index (χ0n) is 11.4. The number of halogens is 1. The fraction of sp³-hybridized carbons (Fsp3) is 0.462. The molecule has 116 valence electrons. The van der Waals surface area contributed by atoms with Crippen LogP contribution in [0.25, 0.3) is 0 Å². The molecule has 1 aliphatic rings. The minimum atomic E-state index is -3.74. The third-order valence-corrected chi connectivity index (χ3v) is 5.05. The molecule has 1 aromatic rings. The van der Waals surface area contributed by atoms with E-state index in [1.165, 1.54) is 18.2 Å². The zero-order valence-corrected chi connectivity index (χ0v) is 13.8. The molecule has 1 heterocycles. The van der Waals surface area contributed by atoms with Gasteiger partial charge in [0.2, 0.25) is 15.9 Å². The lowest BCUT2D eigenvalue weighted by molar-refractivity contribution is -0.116. The number of nitrogens with one attached hydrogen (secondary N) is 2. The lowest BCUT2D eigenvalue weighted by Crippen LogP contribution is -2.16. The summed E-state index contributed by atoms with van der Waals surface area (Å²) in [6.07, 6.45) is 2.42. The van der Waals surface area contributed by atoms with Gasteiger partial charge >= 0.3 is 0 Å². The van der Waals surface area contributed by atoms with Crippen molar-refractivity contribution in [2.75, 3.05) is 18.4 Å². The van der Waals surface area contributed by atoms with Crippen molar-refractivity contribution in [2.45, 2.75) is 24.2 Å². The molecule has 6 nitrogen and oxygen atoms in total. The van der Waals surface area contributed by atoms with Crippen LogP contribution in [0.15, 0.2) is 27.6 Å². The van der Waals surface area contributed by atoms with Crippen molar-refractivity contribution in [3.8, 4) is 0 Å². The Bertz CT molecular complexity index is 628. The van der Waals surface area contributed by atoms with E-state index < -0.39 is 10.0 Å². The summed E-state index contributed by atoms with van der Waals surface area (Å²) in [6, 6.07) is 4.28. The third kappa shape index (κ3) is 4.77. The van der Waals surface area contributed by atoms with Crippen molar-refractivity contribution in [3.63, 3.8) is 0 Å². The number of amides is 1. The van der Waals surface area contributed by atoms with Crippen LogP contribution >= 0.6 is 15.9 Å². The summed E-state index contributed by atoms with van der Waals surface area (Å²) in [7, 11) is -3.74. The second-order valence-corrected chi connectivity index (χ2v) is 7.55. The number of hydrogen-bond donors (Lipinski definition) is 3. The molecule has 0 saturated carbocycles. The molecule has 0 radical (unpaired) electrons. The molecule has 8 heteroatoms. The summed E-state index contributed by atoms with van der Waals surface area (Å²) in [5.41, 5.74) is 0.539. The molecular formula is C13H18BrN3O3S. The molecular weight excluding hydrogens is 358 g/mol. The highest BCUT2D eigenvalue weighted by molar-refractivity contribution is 9.10. The average Bonchev–Trinajstić information content (AvgIpc) is 2.91. The number of hydrogen-bond acceptors (Lipinski definition) is 4. The minimum Gasteiger partial charge on any atom is -0.325 e. The van der Waals surface area contributed by atoms with Gasteiger partial charge < -0.3 is 10.6 Å². The van der Waals surface area contributed by atoms with Crippen LogP contribution in [0, 0.1) is 5.92 Å². The summed E-state index contributed by atoms with van der Waals surface area (Å²) in [5.74, 6) is 0.481. The second kappa shape index (κ2) is 6.87. The summed E-state index contributed by atoms with van der Waals surface area (Å²) in [4.78, 5) is 11.9. The maximum absolute atomic E-state index is 11.9. The quantitative estimate of drug-likeness (QED) is 0.724. The molecule has 0 bridgehead atoms. The molecule has 0 aliphatic carbocycles. The second-order valence-electron chi connectivity index (χ2n) is 5.13. The molecule has 1 saturated heterocycles. The van der Waals surface area contributed by atoms with E-state index in [0.717, 1.165) is 25.9 Å². The van der Waals surface area contributed by atoms with E-state index in [-0.39, 0.29) is 10.8 Å². The Morgan fingerprint density at radius 2 is 2.24 bits per heavy atom. The predicted octanol–water partition coefficient (Wildman–Crippen LogP) is 1.42. The maximum Gasteiger partial charge on any atom is 0.238 e. The fourth-order valence-electron chi connectivity index (χ4n) is 2.28. The predicted molar refractivity (Wildman–Crippen MR) is 84.4 cm³/mol. The van der Waals surface area contributed by atoms with Gasteiger partial charge in [-0.1, -0.05) is 0 Å². The van der Waals surface area contributed by atoms with Crippen molar-refractivity contribution in [1.29, 1.82) is 0 Å². The Balaban J connectivity index is 1.94. The Labute approximate surface area is 132 Å². The van der Waals surface area contributed by atoms with Crippen molar-refractivity contribution in [3.05, 3.63) is 22.7 Å². The van der Waals surface area contributed by atoms with E-state index in [1.54, 1.807) is 0 Å². The van der Waals surface area contributed by atoms with Crippen LogP contribution in [-0.2, 0) is 14.8 Å². The number of benzene rings is 1. The normalized spacial score (nSPS) is 18.7. The molecule has 4 N–H and O–H groups in total. The van der Waals surface area contributed by atoms with Gasteiger partial charge in [-0.3, -0.25) is 4.79 Å². The Morgan fingerprint density at radius 1 is 1.48 bits per heavy atom. The first kappa shape index (κ1) is 16.4. The van der Waals surface area contributed by atoms with Crippen molar-refractivity contribution in [2.24, 2.45) is 11.1 Å². The molecule has 1 amide bonds. The monoisotopic (exact) mass is 375 g/mol. The summed E-state index contributed by atoms with van der Waals surface area (Å²) >= 11 is 3.24. The van der Waals surface area contributed by atoms with Gasteiger partial charge in [0.25, 0.3) is 0 Å². The third-order valence-electron chi connectivity index (χ3n) is 3.49. The molecule has 0 spiro atoms. The van der Waals surface area contributed by atoms with Gasteiger partial charge in [-0.25, -0.2) is 13.6 Å². The smallest absolute Gasteiger partial charge is 0.238 e. The SMILES string of the molecule is NS(=O)(=O)c1ccc(NC(=O)CCC2CCNC2)c(Br)c1. The largest absolute Gasteiger partial charge is 0.325 e. The molecule has 1 atom stereocenters. The molecule has 2 rings (SSSR count). The van der Waals surface area contributed by atoms with Gasteiger partial charge in [0.15, 0.2) is 0 Å². The number of carbonyl (C=O) groups is 1. The standard InChI is InChI=1S/C13H18BrN3O3S/c14-11-7-10(21(15,19)20)2-3-12(11)17-13(18)4-1-9-5-6-16-8-9/h2-3,7,9,16H,1,4-6,8H2,(H,17,18)(H2,15,19,20). The minimum absolute atomic E-state index is 0.00408. The molecule has 1 unspecified atom stereocenters. The van der Waals surface area contributed by atoms with Gasteiger partial charge in [-0.2, -0.15) is 0 Å². The van der Waals surface area contributed by atoms with Crippen LogP contribution in [0.3, 0.4) is 0 Å². The lowest BCUT2D eigenvalue weighted by Gasteiger charge is -2.10. The van der Waals surface area contributed by atoms with E-state index in [1.807, 2.05) is 0 Å². The lowest BCUT2D eigenvalue weighted by atomic mass is 10.0. The van der Waals surface area contributed by atoms with Crippen LogP contribution in [0.2, 0.25) is 0 Å². The highest BCUT2D eigenvalue weighted by Gasteiger charge is 2.16. The van der Waals surface area contributed by atoms with E-state index in [9.17, 15) is 13.2 Å². The number of sulfonamides is 1. The van der Waals surface area contributed by atoms with Gasteiger partial charge in [0.05, 0.1) is 10.6 Å². The topological polar surface area (TPSA) is 101 Å². The van der Waals surface area contributed by atoms with E-state index in [2.05, 4.69) is 26.6 Å². The van der Waals surface area contributed by atoms with Crippen molar-refractivity contribution >= 4 is 37.5 Å². The molecule has 0 aromatic heterocycles. The number of anilines is 1. The van der Waals surface area contributed by atoms with Gasteiger partial charge in [0, 0.05) is 10.9 Å². The fourth-order valence-corrected chi connectivity index (χ4v) is 3.45. The number of nitrogens with two attached hydrogens (primary N) is 1. The van der Waals surface area contributed by atoms with Crippen LogP contribution in [0.5, 0.6) is 0 Å². The highest BCUT2D eigenvalue weighted by Crippen LogP contribution is 2.25.